The fourth-order valence-electron chi connectivity index (χ4n) is 2.85. The molecular formula is C15H21Br2N. The molecule has 0 spiro atoms. The number of hydrogen-bond donors (Lipinski definition) is 1. The van der Waals surface area contributed by atoms with Gasteiger partial charge in [-0.25, -0.2) is 0 Å². The molecule has 1 aliphatic rings. The maximum atomic E-state index is 6.33. The molecule has 1 saturated carbocycles. The van der Waals surface area contributed by atoms with Crippen LogP contribution in [-0.4, -0.2) is 0 Å². The van der Waals surface area contributed by atoms with Gasteiger partial charge in [0.15, 0.2) is 0 Å². The highest BCUT2D eigenvalue weighted by Gasteiger charge is 2.16. The van der Waals surface area contributed by atoms with Crippen molar-refractivity contribution in [2.45, 2.75) is 51.0 Å². The SMILES string of the molecule is NC(CCC1CCCCC1)c1cc(Br)ccc1Br. The molecule has 1 nitrogen and oxygen atoms in total. The van der Waals surface area contributed by atoms with Gasteiger partial charge >= 0.3 is 0 Å². The molecular weight excluding hydrogens is 354 g/mol. The van der Waals surface area contributed by atoms with Crippen LogP contribution in [0.15, 0.2) is 27.1 Å². The molecule has 100 valence electrons. The molecule has 1 fully saturated rings. The summed E-state index contributed by atoms with van der Waals surface area (Å²) in [7, 11) is 0. The van der Waals surface area contributed by atoms with E-state index in [0.717, 1.165) is 21.3 Å². The summed E-state index contributed by atoms with van der Waals surface area (Å²) in [6, 6.07) is 6.40. The van der Waals surface area contributed by atoms with Gasteiger partial charge in [-0.05, 0) is 42.5 Å². The first-order valence-corrected chi connectivity index (χ1v) is 8.46. The van der Waals surface area contributed by atoms with E-state index in [4.69, 9.17) is 5.73 Å². The summed E-state index contributed by atoms with van der Waals surface area (Å²) in [6.45, 7) is 0. The van der Waals surface area contributed by atoms with Crippen molar-refractivity contribution in [3.8, 4) is 0 Å². The van der Waals surface area contributed by atoms with Crippen molar-refractivity contribution in [3.05, 3.63) is 32.7 Å². The lowest BCUT2D eigenvalue weighted by molar-refractivity contribution is 0.324. The Hall–Kier alpha value is 0.140. The van der Waals surface area contributed by atoms with Crippen molar-refractivity contribution in [3.63, 3.8) is 0 Å². The van der Waals surface area contributed by atoms with Crippen molar-refractivity contribution < 1.29 is 0 Å². The highest BCUT2D eigenvalue weighted by molar-refractivity contribution is 9.11. The minimum atomic E-state index is 0.152. The van der Waals surface area contributed by atoms with Crippen LogP contribution < -0.4 is 5.73 Å². The summed E-state index contributed by atoms with van der Waals surface area (Å²) in [5.41, 5.74) is 7.55. The molecule has 0 saturated heterocycles. The predicted octanol–water partition coefficient (Wildman–Crippen LogP) is 5.57. The first kappa shape index (κ1) is 14.5. The summed E-state index contributed by atoms with van der Waals surface area (Å²) in [5.74, 6) is 0.913. The first-order chi connectivity index (χ1) is 8.66. The van der Waals surface area contributed by atoms with E-state index in [1.165, 1.54) is 44.1 Å². The minimum absolute atomic E-state index is 0.152. The molecule has 0 amide bonds. The van der Waals surface area contributed by atoms with Gasteiger partial charge in [0, 0.05) is 15.0 Å². The van der Waals surface area contributed by atoms with Crippen molar-refractivity contribution >= 4 is 31.9 Å². The third-order valence-corrected chi connectivity index (χ3v) is 5.18. The van der Waals surface area contributed by atoms with Gasteiger partial charge in [-0.3, -0.25) is 0 Å². The van der Waals surface area contributed by atoms with Gasteiger partial charge in [0.25, 0.3) is 0 Å². The topological polar surface area (TPSA) is 26.0 Å². The summed E-state index contributed by atoms with van der Waals surface area (Å²) >= 11 is 7.11. The van der Waals surface area contributed by atoms with Crippen molar-refractivity contribution in [1.29, 1.82) is 0 Å². The average Bonchev–Trinajstić information content (AvgIpc) is 2.40. The molecule has 1 aromatic rings. The molecule has 0 radical (unpaired) electrons. The lowest BCUT2D eigenvalue weighted by Gasteiger charge is -2.23. The molecule has 0 bridgehead atoms. The Kier molecular flexibility index (Phi) is 5.71. The molecule has 1 aromatic carbocycles. The number of hydrogen-bond acceptors (Lipinski definition) is 1. The standard InChI is InChI=1S/C15H21Br2N/c16-12-7-8-14(17)13(10-12)15(18)9-6-11-4-2-1-3-5-11/h7-8,10-11,15H,1-6,9,18H2. The second-order valence-electron chi connectivity index (χ2n) is 5.35. The van der Waals surface area contributed by atoms with Crippen LogP contribution in [0, 0.1) is 5.92 Å². The zero-order chi connectivity index (χ0) is 13.0. The Labute approximate surface area is 127 Å². The predicted molar refractivity (Wildman–Crippen MR) is 84.6 cm³/mol. The van der Waals surface area contributed by atoms with Crippen LogP contribution in [0.4, 0.5) is 0 Å². The second-order valence-corrected chi connectivity index (χ2v) is 7.12. The molecule has 1 unspecified atom stereocenters. The highest BCUT2D eigenvalue weighted by atomic mass is 79.9. The van der Waals surface area contributed by atoms with Crippen LogP contribution in [-0.2, 0) is 0 Å². The van der Waals surface area contributed by atoms with Crippen LogP contribution >= 0.6 is 31.9 Å². The molecule has 0 aliphatic heterocycles. The molecule has 2 N–H and O–H groups in total. The van der Waals surface area contributed by atoms with E-state index in [0.29, 0.717) is 0 Å². The van der Waals surface area contributed by atoms with Gasteiger partial charge in [-0.2, -0.15) is 0 Å². The van der Waals surface area contributed by atoms with Crippen molar-refractivity contribution in [2.24, 2.45) is 11.7 Å². The maximum absolute atomic E-state index is 6.33. The largest absolute Gasteiger partial charge is 0.324 e. The van der Waals surface area contributed by atoms with E-state index in [1.807, 2.05) is 6.07 Å². The monoisotopic (exact) mass is 373 g/mol. The van der Waals surface area contributed by atoms with E-state index < -0.39 is 0 Å². The lowest BCUT2D eigenvalue weighted by Crippen LogP contribution is -2.14. The van der Waals surface area contributed by atoms with Crippen LogP contribution in [0.2, 0.25) is 0 Å². The fourth-order valence-corrected chi connectivity index (χ4v) is 3.76. The van der Waals surface area contributed by atoms with Gasteiger partial charge in [0.2, 0.25) is 0 Å². The molecule has 1 aliphatic carbocycles. The maximum Gasteiger partial charge on any atom is 0.0306 e. The van der Waals surface area contributed by atoms with E-state index in [2.05, 4.69) is 44.0 Å². The molecule has 2 rings (SSSR count). The summed E-state index contributed by atoms with van der Waals surface area (Å²) in [6.07, 6.45) is 9.46. The van der Waals surface area contributed by atoms with Gasteiger partial charge in [-0.15, -0.1) is 0 Å². The third kappa shape index (κ3) is 4.07. The van der Waals surface area contributed by atoms with E-state index in [1.54, 1.807) is 0 Å². The number of benzene rings is 1. The fraction of sp³-hybridized carbons (Fsp3) is 0.600. The molecule has 3 heteroatoms. The number of nitrogens with two attached hydrogens (primary N) is 1. The second kappa shape index (κ2) is 7.06. The lowest BCUT2D eigenvalue weighted by atomic mass is 9.84. The van der Waals surface area contributed by atoms with Gasteiger partial charge < -0.3 is 5.73 Å². The van der Waals surface area contributed by atoms with Crippen LogP contribution in [0.25, 0.3) is 0 Å². The smallest absolute Gasteiger partial charge is 0.0306 e. The zero-order valence-electron chi connectivity index (χ0n) is 10.7. The zero-order valence-corrected chi connectivity index (χ0v) is 13.8. The van der Waals surface area contributed by atoms with Gasteiger partial charge in [0.1, 0.15) is 0 Å². The normalized spacial score (nSPS) is 18.8. The highest BCUT2D eigenvalue weighted by Crippen LogP contribution is 2.32. The molecule has 1 atom stereocenters. The summed E-state index contributed by atoms with van der Waals surface area (Å²) < 4.78 is 2.23. The Bertz CT molecular complexity index is 386. The van der Waals surface area contributed by atoms with Gasteiger partial charge in [-0.1, -0.05) is 64.0 Å². The molecule has 0 heterocycles. The Morgan fingerprint density at radius 2 is 1.89 bits per heavy atom. The van der Waals surface area contributed by atoms with Crippen LogP contribution in [0.5, 0.6) is 0 Å². The van der Waals surface area contributed by atoms with Gasteiger partial charge in [0.05, 0.1) is 0 Å². The number of halogens is 2. The number of rotatable bonds is 4. The van der Waals surface area contributed by atoms with Crippen LogP contribution in [0.1, 0.15) is 56.6 Å². The first-order valence-electron chi connectivity index (χ1n) is 6.87. The van der Waals surface area contributed by atoms with E-state index >= 15 is 0 Å². The summed E-state index contributed by atoms with van der Waals surface area (Å²) in [4.78, 5) is 0. The Morgan fingerprint density at radius 3 is 2.61 bits per heavy atom. The van der Waals surface area contributed by atoms with Crippen molar-refractivity contribution in [2.75, 3.05) is 0 Å². The van der Waals surface area contributed by atoms with E-state index in [9.17, 15) is 0 Å². The van der Waals surface area contributed by atoms with E-state index in [-0.39, 0.29) is 6.04 Å². The average molecular weight is 375 g/mol. The molecule has 0 aromatic heterocycles. The van der Waals surface area contributed by atoms with Crippen molar-refractivity contribution in [1.82, 2.24) is 0 Å². The molecule has 18 heavy (non-hydrogen) atoms. The quantitative estimate of drug-likeness (QED) is 0.732. The summed E-state index contributed by atoms with van der Waals surface area (Å²) in [5, 5.41) is 0. The third-order valence-electron chi connectivity index (χ3n) is 3.97. The Balaban J connectivity index is 1.90. The minimum Gasteiger partial charge on any atom is -0.324 e. The van der Waals surface area contributed by atoms with Crippen LogP contribution in [0.3, 0.4) is 0 Å². The Morgan fingerprint density at radius 1 is 1.17 bits per heavy atom.